The fraction of sp³-hybridized carbons (Fsp3) is 0.243. The van der Waals surface area contributed by atoms with E-state index in [0.29, 0.717) is 0 Å². The van der Waals surface area contributed by atoms with Crippen molar-refractivity contribution < 1.29 is 0 Å². The van der Waals surface area contributed by atoms with Gasteiger partial charge in [-0.2, -0.15) is 0 Å². The second kappa shape index (κ2) is 12.2. The first-order chi connectivity index (χ1) is 19.0. The molecule has 2 heteroatoms. The van der Waals surface area contributed by atoms with Gasteiger partial charge in [0.15, 0.2) is 0 Å². The number of halogens is 2. The zero-order valence-electron chi connectivity index (χ0n) is 22.9. The summed E-state index contributed by atoms with van der Waals surface area (Å²) in [6, 6.07) is 31.8. The van der Waals surface area contributed by atoms with Gasteiger partial charge in [0.05, 0.1) is 5.41 Å². The van der Waals surface area contributed by atoms with Gasteiger partial charge < -0.3 is 0 Å². The van der Waals surface area contributed by atoms with E-state index in [2.05, 4.69) is 149 Å². The molecule has 0 unspecified atom stereocenters. The molecule has 0 amide bonds. The van der Waals surface area contributed by atoms with E-state index in [0.717, 1.165) is 15.4 Å². The molecular formula is C37H36Br2. The summed E-state index contributed by atoms with van der Waals surface area (Å²) in [5.74, 6) is 0. The van der Waals surface area contributed by atoms with Crippen LogP contribution in [-0.2, 0) is 5.41 Å². The van der Waals surface area contributed by atoms with Crippen molar-refractivity contribution in [3.63, 3.8) is 0 Å². The van der Waals surface area contributed by atoms with Crippen LogP contribution >= 0.6 is 31.9 Å². The third kappa shape index (κ3) is 5.39. The molecule has 0 heterocycles. The average molecular weight is 641 g/mol. The predicted octanol–water partition coefficient (Wildman–Crippen LogP) is 12.0. The van der Waals surface area contributed by atoms with Crippen LogP contribution in [0.1, 0.15) is 85.8 Å². The molecule has 0 N–H and O–H groups in total. The Labute approximate surface area is 251 Å². The summed E-state index contributed by atoms with van der Waals surface area (Å²) in [7, 11) is 0. The highest BCUT2D eigenvalue weighted by Crippen LogP contribution is 2.57. The van der Waals surface area contributed by atoms with E-state index in [9.17, 15) is 0 Å². The first kappa shape index (κ1) is 27.9. The number of benzene rings is 4. The van der Waals surface area contributed by atoms with E-state index >= 15 is 0 Å². The molecule has 0 atom stereocenters. The van der Waals surface area contributed by atoms with Crippen molar-refractivity contribution in [2.24, 2.45) is 0 Å². The Morgan fingerprint density at radius 2 is 1.26 bits per heavy atom. The molecule has 0 fully saturated rings. The quantitative estimate of drug-likeness (QED) is 0.133. The molecule has 4 aromatic carbocycles. The van der Waals surface area contributed by atoms with E-state index in [1.54, 1.807) is 0 Å². The summed E-state index contributed by atoms with van der Waals surface area (Å²) in [5.41, 5.74) is 11.0. The monoisotopic (exact) mass is 638 g/mol. The van der Waals surface area contributed by atoms with Crippen molar-refractivity contribution in [3.8, 4) is 11.1 Å². The zero-order chi connectivity index (χ0) is 27.4. The summed E-state index contributed by atoms with van der Waals surface area (Å²) in [5, 5.41) is 0. The lowest BCUT2D eigenvalue weighted by atomic mass is 9.67. The molecule has 5 rings (SSSR count). The van der Waals surface area contributed by atoms with Crippen LogP contribution in [0.15, 0.2) is 107 Å². The Morgan fingerprint density at radius 3 is 1.79 bits per heavy atom. The second-order valence-electron chi connectivity index (χ2n) is 10.6. The maximum Gasteiger partial charge on any atom is 0.0714 e. The number of hydrogen-bond donors (Lipinski definition) is 0. The lowest BCUT2D eigenvalue weighted by Gasteiger charge is -2.34. The highest BCUT2D eigenvalue weighted by molar-refractivity contribution is 9.10. The highest BCUT2D eigenvalue weighted by atomic mass is 79.9. The smallest absolute Gasteiger partial charge is 0.0714 e. The minimum atomic E-state index is -0.424. The number of allylic oxidation sites excluding steroid dienone is 2. The number of rotatable bonds is 10. The summed E-state index contributed by atoms with van der Waals surface area (Å²) in [6.45, 7) is 8.78. The largest absolute Gasteiger partial charge is 0.0952 e. The SMILES string of the molecule is C=C(CCCCCCC)c1ccc(C2(c3ccc(C=CC)cc3)c3cc(Br)ccc3-c3ccc(Br)cc32)cc1. The van der Waals surface area contributed by atoms with Gasteiger partial charge in [-0.3, -0.25) is 0 Å². The van der Waals surface area contributed by atoms with Crippen LogP contribution in [0.4, 0.5) is 0 Å². The number of hydrogen-bond acceptors (Lipinski definition) is 0. The van der Waals surface area contributed by atoms with Gasteiger partial charge in [-0.05, 0) is 94.1 Å². The van der Waals surface area contributed by atoms with Crippen LogP contribution in [0.3, 0.4) is 0 Å². The Morgan fingerprint density at radius 1 is 0.718 bits per heavy atom. The third-order valence-corrected chi connectivity index (χ3v) is 9.06. The van der Waals surface area contributed by atoms with Crippen molar-refractivity contribution in [1.82, 2.24) is 0 Å². The first-order valence-electron chi connectivity index (χ1n) is 14.1. The Hall–Kier alpha value is -2.68. The summed E-state index contributed by atoms with van der Waals surface area (Å²) < 4.78 is 2.19. The molecule has 4 aromatic rings. The Kier molecular flexibility index (Phi) is 8.74. The molecule has 0 aliphatic heterocycles. The van der Waals surface area contributed by atoms with Gasteiger partial charge in [-0.15, -0.1) is 0 Å². The zero-order valence-corrected chi connectivity index (χ0v) is 26.1. The predicted molar refractivity (Wildman–Crippen MR) is 176 cm³/mol. The van der Waals surface area contributed by atoms with Crippen LogP contribution in [0.2, 0.25) is 0 Å². The minimum absolute atomic E-state index is 0.424. The molecule has 39 heavy (non-hydrogen) atoms. The number of fused-ring (bicyclic) bond motifs is 3. The average Bonchev–Trinajstić information content (AvgIpc) is 3.22. The molecule has 1 aliphatic carbocycles. The van der Waals surface area contributed by atoms with Gasteiger partial charge in [0.2, 0.25) is 0 Å². The standard InChI is InChI=1S/C37H36Br2/c1-4-6-7-8-9-11-26(3)28-14-18-30(19-15-28)37(29-16-12-27(10-5-2)13-17-29)35-24-31(38)20-22-33(35)34-23-21-32(39)25-36(34)37/h5,10,12-25H,3-4,6-9,11H2,1-2H3. The molecule has 198 valence electrons. The van der Waals surface area contributed by atoms with E-state index in [1.807, 2.05) is 0 Å². The normalized spacial score (nSPS) is 13.4. The van der Waals surface area contributed by atoms with Crippen molar-refractivity contribution in [2.75, 3.05) is 0 Å². The van der Waals surface area contributed by atoms with Crippen LogP contribution < -0.4 is 0 Å². The molecular weight excluding hydrogens is 604 g/mol. The number of unbranched alkanes of at least 4 members (excludes halogenated alkanes) is 4. The molecule has 0 bridgehead atoms. The first-order valence-corrected chi connectivity index (χ1v) is 15.7. The van der Waals surface area contributed by atoms with Gasteiger partial charge in [0, 0.05) is 8.95 Å². The lowest BCUT2D eigenvalue weighted by Crippen LogP contribution is -2.28. The molecule has 0 saturated heterocycles. The maximum absolute atomic E-state index is 4.45. The van der Waals surface area contributed by atoms with Crippen LogP contribution in [0.25, 0.3) is 22.8 Å². The van der Waals surface area contributed by atoms with Crippen molar-refractivity contribution in [1.29, 1.82) is 0 Å². The highest BCUT2D eigenvalue weighted by Gasteiger charge is 2.46. The summed E-state index contributed by atoms with van der Waals surface area (Å²) in [4.78, 5) is 0. The second-order valence-corrected chi connectivity index (χ2v) is 12.4. The maximum atomic E-state index is 4.45. The van der Waals surface area contributed by atoms with Gasteiger partial charge in [-0.25, -0.2) is 0 Å². The fourth-order valence-corrected chi connectivity index (χ4v) is 6.86. The van der Waals surface area contributed by atoms with E-state index in [-0.39, 0.29) is 0 Å². The Balaban J connectivity index is 1.64. The van der Waals surface area contributed by atoms with E-state index in [4.69, 9.17) is 0 Å². The van der Waals surface area contributed by atoms with E-state index in [1.165, 1.54) is 82.2 Å². The summed E-state index contributed by atoms with van der Waals surface area (Å²) >= 11 is 7.59. The van der Waals surface area contributed by atoms with Gasteiger partial charge in [0.25, 0.3) is 0 Å². The van der Waals surface area contributed by atoms with Crippen LogP contribution in [0, 0.1) is 0 Å². The molecule has 0 radical (unpaired) electrons. The minimum Gasteiger partial charge on any atom is -0.0952 e. The lowest BCUT2D eigenvalue weighted by molar-refractivity contribution is 0.640. The summed E-state index contributed by atoms with van der Waals surface area (Å²) in [6.07, 6.45) is 11.7. The fourth-order valence-electron chi connectivity index (χ4n) is 6.14. The topological polar surface area (TPSA) is 0 Å². The van der Waals surface area contributed by atoms with Crippen molar-refractivity contribution >= 4 is 43.5 Å². The van der Waals surface area contributed by atoms with Crippen molar-refractivity contribution in [2.45, 2.75) is 57.8 Å². The van der Waals surface area contributed by atoms with Crippen LogP contribution in [-0.4, -0.2) is 0 Å². The van der Waals surface area contributed by atoms with Gasteiger partial charge >= 0.3 is 0 Å². The Bertz CT molecular complexity index is 1440. The molecule has 0 nitrogen and oxygen atoms in total. The van der Waals surface area contributed by atoms with Gasteiger partial charge in [-0.1, -0.05) is 144 Å². The molecule has 1 aliphatic rings. The van der Waals surface area contributed by atoms with Gasteiger partial charge in [0.1, 0.15) is 0 Å². The van der Waals surface area contributed by atoms with Crippen molar-refractivity contribution in [3.05, 3.63) is 140 Å². The molecule has 0 aromatic heterocycles. The third-order valence-electron chi connectivity index (χ3n) is 8.07. The molecule has 0 saturated carbocycles. The van der Waals surface area contributed by atoms with E-state index < -0.39 is 5.41 Å². The molecule has 0 spiro atoms. The van der Waals surface area contributed by atoms with Crippen LogP contribution in [0.5, 0.6) is 0 Å².